The third-order valence-electron chi connectivity index (χ3n) is 2.83. The summed E-state index contributed by atoms with van der Waals surface area (Å²) >= 11 is 0. The van der Waals surface area contributed by atoms with E-state index in [1.165, 1.54) is 7.11 Å². The van der Waals surface area contributed by atoms with Gasteiger partial charge >= 0.3 is 6.18 Å². The lowest BCUT2D eigenvalue weighted by Crippen LogP contribution is -2.76. The minimum absolute atomic E-state index is 0.232. The molecule has 12 heteroatoms. The fraction of sp³-hybridized carbons (Fsp3) is 0.917. The highest BCUT2D eigenvalue weighted by Gasteiger charge is 2.37. The summed E-state index contributed by atoms with van der Waals surface area (Å²) in [5.74, 6) is -2.26. The van der Waals surface area contributed by atoms with E-state index in [-0.39, 0.29) is 19.6 Å². The molecule has 0 saturated carbocycles. The zero-order valence-electron chi connectivity index (χ0n) is 13.8. The molecule has 0 saturated heterocycles. The second-order valence-corrected chi connectivity index (χ2v) is 4.88. The topological polar surface area (TPSA) is 138 Å². The van der Waals surface area contributed by atoms with Gasteiger partial charge in [-0.25, -0.2) is 5.43 Å². The summed E-state index contributed by atoms with van der Waals surface area (Å²) in [5.41, 5.74) is 14.8. The number of amides is 1. The van der Waals surface area contributed by atoms with Gasteiger partial charge in [0.15, 0.2) is 0 Å². The van der Waals surface area contributed by atoms with Crippen molar-refractivity contribution in [1.82, 2.24) is 26.8 Å². The highest BCUT2D eigenvalue weighted by Crippen LogP contribution is 2.11. The Hall–Kier alpha value is -1.02. The first-order chi connectivity index (χ1) is 11.3. The normalized spacial score (nSPS) is 14.4. The predicted octanol–water partition coefficient (Wildman–Crippen LogP) is -2.45. The highest BCUT2D eigenvalue weighted by atomic mass is 19.4. The van der Waals surface area contributed by atoms with Crippen LogP contribution < -0.4 is 38.3 Å². The molecule has 0 aromatic rings. The number of nitrogens with one attached hydrogen (secondary N) is 5. The summed E-state index contributed by atoms with van der Waals surface area (Å²) in [5, 5.41) is 8.70. The van der Waals surface area contributed by atoms with Crippen LogP contribution in [0.25, 0.3) is 0 Å². The number of carbonyl (C=O) groups excluding carboxylic acids is 1. The Morgan fingerprint density at radius 1 is 1.04 bits per heavy atom. The number of methoxy groups -OCH3 is 1. The van der Waals surface area contributed by atoms with Gasteiger partial charge < -0.3 is 16.2 Å². The van der Waals surface area contributed by atoms with Crippen molar-refractivity contribution in [1.29, 1.82) is 0 Å². The maximum Gasteiger partial charge on any atom is 0.402 e. The molecular weight excluding hydrogens is 331 g/mol. The molecular formula is C12H28F3N7O2. The van der Waals surface area contributed by atoms with Crippen molar-refractivity contribution in [2.75, 3.05) is 53.0 Å². The molecule has 9 nitrogen and oxygen atoms in total. The summed E-state index contributed by atoms with van der Waals surface area (Å²) < 4.78 is 41.5. The summed E-state index contributed by atoms with van der Waals surface area (Å²) in [4.78, 5) is 12.4. The van der Waals surface area contributed by atoms with Gasteiger partial charge in [-0.15, -0.1) is 0 Å². The number of hydrogen-bond acceptors (Lipinski definition) is 8. The number of rotatable bonds is 14. The summed E-state index contributed by atoms with van der Waals surface area (Å²) in [6.45, 7) is 0.460. The summed E-state index contributed by atoms with van der Waals surface area (Å²) in [7, 11) is 1.49. The maximum atomic E-state index is 12.4. The molecule has 0 aliphatic carbocycles. The molecule has 0 radical (unpaired) electrons. The van der Waals surface area contributed by atoms with E-state index in [1.54, 1.807) is 0 Å². The molecule has 1 unspecified atom stereocenters. The largest absolute Gasteiger partial charge is 0.402 e. The lowest BCUT2D eigenvalue weighted by Gasteiger charge is -2.35. The molecule has 0 fully saturated rings. The van der Waals surface area contributed by atoms with Gasteiger partial charge in [-0.3, -0.25) is 26.2 Å². The zero-order chi connectivity index (χ0) is 18.5. The molecule has 0 heterocycles. The minimum Gasteiger partial charge on any atom is -0.383 e. The lowest BCUT2D eigenvalue weighted by molar-refractivity contribution is -0.138. The Labute approximate surface area is 139 Å². The van der Waals surface area contributed by atoms with E-state index in [1.807, 2.05) is 10.9 Å². The monoisotopic (exact) mass is 359 g/mol. The van der Waals surface area contributed by atoms with Gasteiger partial charge in [0.2, 0.25) is 5.79 Å². The predicted molar refractivity (Wildman–Crippen MR) is 83.5 cm³/mol. The van der Waals surface area contributed by atoms with Crippen LogP contribution in [-0.2, 0) is 9.53 Å². The number of hydrogen-bond donors (Lipinski definition) is 7. The average molecular weight is 359 g/mol. The van der Waals surface area contributed by atoms with E-state index in [9.17, 15) is 18.0 Å². The van der Waals surface area contributed by atoms with Crippen LogP contribution in [0.5, 0.6) is 0 Å². The van der Waals surface area contributed by atoms with E-state index >= 15 is 0 Å². The molecule has 1 amide bonds. The van der Waals surface area contributed by atoms with E-state index in [2.05, 4.69) is 16.0 Å². The Morgan fingerprint density at radius 2 is 1.67 bits per heavy atom. The van der Waals surface area contributed by atoms with Gasteiger partial charge in [0, 0.05) is 26.7 Å². The molecule has 1 atom stereocenters. The second kappa shape index (κ2) is 12.4. The van der Waals surface area contributed by atoms with Crippen LogP contribution in [0, 0.1) is 0 Å². The molecule has 0 rings (SSSR count). The van der Waals surface area contributed by atoms with Crippen molar-refractivity contribution in [3.05, 3.63) is 0 Å². The van der Waals surface area contributed by atoms with Crippen molar-refractivity contribution in [2.45, 2.75) is 18.4 Å². The van der Waals surface area contributed by atoms with E-state index in [0.717, 1.165) is 0 Å². The minimum atomic E-state index is -4.45. The van der Waals surface area contributed by atoms with Crippen LogP contribution in [0.2, 0.25) is 0 Å². The number of hydrazine groups is 1. The Kier molecular flexibility index (Phi) is 11.8. The highest BCUT2D eigenvalue weighted by molar-refractivity contribution is 5.85. The van der Waals surface area contributed by atoms with Crippen LogP contribution in [-0.4, -0.2) is 70.9 Å². The summed E-state index contributed by atoms with van der Waals surface area (Å²) in [6, 6.07) is 0. The summed E-state index contributed by atoms with van der Waals surface area (Å²) in [6.07, 6.45) is -3.88. The molecule has 0 aliphatic rings. The molecule has 24 heavy (non-hydrogen) atoms. The molecule has 0 spiro atoms. The Balaban J connectivity index is 4.92. The van der Waals surface area contributed by atoms with E-state index in [4.69, 9.17) is 16.2 Å². The number of nitrogens with two attached hydrogens (primary N) is 2. The van der Waals surface area contributed by atoms with Crippen molar-refractivity contribution in [2.24, 2.45) is 11.5 Å². The number of carbonyl (C=O) groups is 1. The standard InChI is InChI=1S/C12H28F3N7O2/c1-24-8-7-20-12(19-6-4-17,18-5-2-3-16)10(23)22-21-9-11(13,14)15/h18-21H,2-9,16-17H2,1H3,(H,22,23). The molecule has 144 valence electrons. The maximum absolute atomic E-state index is 12.4. The molecule has 0 bridgehead atoms. The van der Waals surface area contributed by atoms with Gasteiger partial charge in [-0.05, 0) is 19.5 Å². The SMILES string of the molecule is COCCNC(NCCN)(NCCCN)C(=O)NNCC(F)(F)F. The number of ether oxygens (including phenoxy) is 1. The van der Waals surface area contributed by atoms with Crippen LogP contribution in [0.4, 0.5) is 13.2 Å². The van der Waals surface area contributed by atoms with Crippen molar-refractivity contribution >= 4 is 5.91 Å². The first-order valence-electron chi connectivity index (χ1n) is 7.55. The van der Waals surface area contributed by atoms with Gasteiger partial charge in [0.05, 0.1) is 6.61 Å². The Morgan fingerprint density at radius 3 is 2.21 bits per heavy atom. The molecule has 0 aromatic carbocycles. The third kappa shape index (κ3) is 9.97. The first kappa shape index (κ1) is 23.0. The Bertz CT molecular complexity index is 335. The van der Waals surface area contributed by atoms with Crippen LogP contribution >= 0.6 is 0 Å². The number of alkyl halides is 3. The fourth-order valence-electron chi connectivity index (χ4n) is 1.72. The van der Waals surface area contributed by atoms with Gasteiger partial charge in [0.25, 0.3) is 5.91 Å². The quantitative estimate of drug-likeness (QED) is 0.103. The molecule has 0 aromatic heterocycles. The average Bonchev–Trinajstić information content (AvgIpc) is 2.51. The van der Waals surface area contributed by atoms with Crippen molar-refractivity contribution in [3.63, 3.8) is 0 Å². The van der Waals surface area contributed by atoms with E-state index < -0.39 is 24.4 Å². The van der Waals surface area contributed by atoms with Gasteiger partial charge in [-0.2, -0.15) is 13.2 Å². The van der Waals surface area contributed by atoms with Crippen LogP contribution in [0.3, 0.4) is 0 Å². The molecule has 9 N–H and O–H groups in total. The van der Waals surface area contributed by atoms with Gasteiger partial charge in [-0.1, -0.05) is 0 Å². The van der Waals surface area contributed by atoms with Crippen LogP contribution in [0.1, 0.15) is 6.42 Å². The second-order valence-electron chi connectivity index (χ2n) is 4.88. The van der Waals surface area contributed by atoms with Crippen molar-refractivity contribution in [3.8, 4) is 0 Å². The number of halogens is 3. The third-order valence-corrected chi connectivity index (χ3v) is 2.83. The zero-order valence-corrected chi connectivity index (χ0v) is 13.8. The first-order valence-corrected chi connectivity index (χ1v) is 7.55. The smallest absolute Gasteiger partial charge is 0.383 e. The van der Waals surface area contributed by atoms with Crippen LogP contribution in [0.15, 0.2) is 0 Å². The van der Waals surface area contributed by atoms with Crippen molar-refractivity contribution < 1.29 is 22.7 Å². The molecule has 0 aliphatic heterocycles. The fourth-order valence-corrected chi connectivity index (χ4v) is 1.72. The van der Waals surface area contributed by atoms with E-state index in [0.29, 0.717) is 26.1 Å². The van der Waals surface area contributed by atoms with Gasteiger partial charge in [0.1, 0.15) is 6.54 Å². The lowest BCUT2D eigenvalue weighted by atomic mass is 10.2.